The van der Waals surface area contributed by atoms with E-state index in [-0.39, 0.29) is 54.9 Å². The van der Waals surface area contributed by atoms with Crippen LogP contribution in [0.15, 0.2) is 69.2 Å². The first-order valence-electron chi connectivity index (χ1n) is 12.9. The molecule has 200 valence electrons. The molecular weight excluding hydrogens is 484 g/mol. The predicted molar refractivity (Wildman–Crippen MR) is 144 cm³/mol. The molecule has 0 amide bonds. The minimum Gasteiger partial charge on any atom is -0.491 e. The summed E-state index contributed by atoms with van der Waals surface area (Å²) < 4.78 is 17.0. The molecule has 0 aromatic carbocycles. The number of furan rings is 2. The second-order valence-electron chi connectivity index (χ2n) is 9.33. The molecule has 38 heavy (non-hydrogen) atoms. The molecular formula is C31H34O7. The number of hydrogen-bond donors (Lipinski definition) is 0. The summed E-state index contributed by atoms with van der Waals surface area (Å²) in [6, 6.07) is 7.37. The van der Waals surface area contributed by atoms with Crippen LogP contribution in [0.25, 0.3) is 12.2 Å². The summed E-state index contributed by atoms with van der Waals surface area (Å²) in [5.41, 5.74) is 0. The SMILES string of the molecule is CC(=O)CCC(=O)/C=C/c1ccc(CCCc2ccc(/C=C/C(=O)CCC(=O)/C=C/C3=CCC(C)O3)o2)o1. The number of allylic oxidation sites excluding steroid dienone is 4. The highest BCUT2D eigenvalue weighted by molar-refractivity contribution is 5.98. The Bertz CT molecular complexity index is 1250. The number of ether oxygens (including phenoxy) is 1. The minimum absolute atomic E-state index is 0.00392. The largest absolute Gasteiger partial charge is 0.491 e. The Morgan fingerprint density at radius 1 is 0.763 bits per heavy atom. The molecule has 1 atom stereocenters. The monoisotopic (exact) mass is 518 g/mol. The second kappa shape index (κ2) is 14.7. The van der Waals surface area contributed by atoms with Crippen LogP contribution in [0, 0.1) is 0 Å². The van der Waals surface area contributed by atoms with Crippen LogP contribution in [-0.4, -0.2) is 29.2 Å². The maximum absolute atomic E-state index is 12.1. The van der Waals surface area contributed by atoms with Gasteiger partial charge in [0.25, 0.3) is 0 Å². The topological polar surface area (TPSA) is 104 Å². The number of carbonyl (C=O) groups excluding carboxylic acids is 4. The van der Waals surface area contributed by atoms with E-state index in [0.29, 0.717) is 30.1 Å². The average molecular weight is 519 g/mol. The molecule has 0 aliphatic carbocycles. The van der Waals surface area contributed by atoms with Gasteiger partial charge in [0.15, 0.2) is 17.3 Å². The summed E-state index contributed by atoms with van der Waals surface area (Å²) in [6.07, 6.45) is 15.1. The van der Waals surface area contributed by atoms with Crippen molar-refractivity contribution in [1.29, 1.82) is 0 Å². The Labute approximate surface area is 222 Å². The minimum atomic E-state index is -0.141. The number of hydrogen-bond acceptors (Lipinski definition) is 7. The van der Waals surface area contributed by atoms with E-state index in [2.05, 4.69) is 0 Å². The fourth-order valence-electron chi connectivity index (χ4n) is 3.71. The third kappa shape index (κ3) is 10.5. The molecule has 1 aliphatic heterocycles. The summed E-state index contributed by atoms with van der Waals surface area (Å²) in [6.45, 7) is 3.44. The van der Waals surface area contributed by atoms with E-state index in [1.54, 1.807) is 18.2 Å². The standard InChI is InChI=1S/C31H34O7/c1-22(32)6-8-24(33)12-16-30-20-18-27(37-30)4-3-5-28-19-21-31(38-28)17-13-26(35)10-9-25(34)11-15-29-14-7-23(2)36-29/h11-21,23H,3-10H2,1-2H3/b15-11+,16-12+,17-13+. The van der Waals surface area contributed by atoms with Crippen molar-refractivity contribution in [3.63, 3.8) is 0 Å². The molecule has 0 saturated heterocycles. The van der Waals surface area contributed by atoms with Crippen molar-refractivity contribution in [3.05, 3.63) is 83.4 Å². The quantitative estimate of drug-likeness (QED) is 0.244. The molecule has 2 aromatic rings. The van der Waals surface area contributed by atoms with Gasteiger partial charge in [0.2, 0.25) is 0 Å². The molecule has 3 rings (SSSR count). The Morgan fingerprint density at radius 3 is 1.74 bits per heavy atom. The van der Waals surface area contributed by atoms with Gasteiger partial charge in [-0.05, 0) is 87.1 Å². The van der Waals surface area contributed by atoms with E-state index in [0.717, 1.165) is 24.4 Å². The molecule has 0 N–H and O–H groups in total. The maximum atomic E-state index is 12.1. The van der Waals surface area contributed by atoms with Gasteiger partial charge in [0.1, 0.15) is 34.6 Å². The summed E-state index contributed by atoms with van der Waals surface area (Å²) >= 11 is 0. The number of Topliss-reactive ketones (excluding diaryl/α,β-unsaturated/α-hetero) is 1. The number of rotatable bonds is 16. The summed E-state index contributed by atoms with van der Waals surface area (Å²) in [5.74, 6) is 3.12. The van der Waals surface area contributed by atoms with Crippen molar-refractivity contribution < 1.29 is 32.7 Å². The van der Waals surface area contributed by atoms with Crippen molar-refractivity contribution in [1.82, 2.24) is 0 Å². The Kier molecular flexibility index (Phi) is 11.0. The molecule has 3 heterocycles. The van der Waals surface area contributed by atoms with E-state index >= 15 is 0 Å². The molecule has 0 radical (unpaired) electrons. The van der Waals surface area contributed by atoms with Crippen LogP contribution < -0.4 is 0 Å². The van der Waals surface area contributed by atoms with Crippen LogP contribution in [-0.2, 0) is 36.8 Å². The van der Waals surface area contributed by atoms with Gasteiger partial charge in [-0.3, -0.25) is 14.4 Å². The molecule has 7 nitrogen and oxygen atoms in total. The zero-order valence-electron chi connectivity index (χ0n) is 21.9. The van der Waals surface area contributed by atoms with Crippen LogP contribution >= 0.6 is 0 Å². The Hall–Kier alpha value is -4.00. The van der Waals surface area contributed by atoms with E-state index in [1.165, 1.54) is 25.2 Å². The Balaban J connectivity index is 1.34. The summed E-state index contributed by atoms with van der Waals surface area (Å²) in [4.78, 5) is 46.8. The van der Waals surface area contributed by atoms with Gasteiger partial charge in [0, 0.05) is 44.9 Å². The summed E-state index contributed by atoms with van der Waals surface area (Å²) in [5, 5.41) is 0. The van der Waals surface area contributed by atoms with Gasteiger partial charge in [-0.25, -0.2) is 0 Å². The van der Waals surface area contributed by atoms with Crippen LogP contribution in [0.3, 0.4) is 0 Å². The molecule has 2 aromatic heterocycles. The van der Waals surface area contributed by atoms with E-state index in [4.69, 9.17) is 13.6 Å². The molecule has 0 bridgehead atoms. The lowest BCUT2D eigenvalue weighted by Gasteiger charge is -2.03. The van der Waals surface area contributed by atoms with Crippen LogP contribution in [0.2, 0.25) is 0 Å². The first kappa shape index (κ1) is 28.6. The summed E-state index contributed by atoms with van der Waals surface area (Å²) in [7, 11) is 0. The van der Waals surface area contributed by atoms with Crippen molar-refractivity contribution in [2.24, 2.45) is 0 Å². The van der Waals surface area contributed by atoms with E-state index in [9.17, 15) is 19.2 Å². The van der Waals surface area contributed by atoms with Crippen LogP contribution in [0.1, 0.15) is 75.4 Å². The zero-order chi connectivity index (χ0) is 27.3. The second-order valence-corrected chi connectivity index (χ2v) is 9.33. The predicted octanol–water partition coefficient (Wildman–Crippen LogP) is 6.18. The highest BCUT2D eigenvalue weighted by atomic mass is 16.5. The van der Waals surface area contributed by atoms with Gasteiger partial charge in [-0.2, -0.15) is 0 Å². The first-order valence-corrected chi connectivity index (χ1v) is 12.9. The molecule has 0 fully saturated rings. The first-order chi connectivity index (χ1) is 18.3. The van der Waals surface area contributed by atoms with Gasteiger partial charge in [0.05, 0.1) is 6.10 Å². The highest BCUT2D eigenvalue weighted by Gasteiger charge is 2.11. The maximum Gasteiger partial charge on any atom is 0.156 e. The smallest absolute Gasteiger partial charge is 0.156 e. The number of carbonyl (C=O) groups is 4. The molecule has 0 spiro atoms. The third-order valence-corrected chi connectivity index (χ3v) is 5.84. The zero-order valence-corrected chi connectivity index (χ0v) is 21.9. The number of aryl methyl sites for hydroxylation is 2. The normalized spacial score (nSPS) is 15.4. The molecule has 1 unspecified atom stereocenters. The Morgan fingerprint density at radius 2 is 1.26 bits per heavy atom. The lowest BCUT2D eigenvalue weighted by atomic mass is 10.1. The lowest BCUT2D eigenvalue weighted by molar-refractivity contribution is -0.120. The molecule has 7 heteroatoms. The van der Waals surface area contributed by atoms with Gasteiger partial charge in [-0.15, -0.1) is 0 Å². The van der Waals surface area contributed by atoms with Crippen molar-refractivity contribution in [2.45, 2.75) is 71.3 Å². The van der Waals surface area contributed by atoms with Crippen molar-refractivity contribution in [3.8, 4) is 0 Å². The average Bonchev–Trinajstić information content (AvgIpc) is 3.64. The highest BCUT2D eigenvalue weighted by Crippen LogP contribution is 2.18. The fraction of sp³-hybridized carbons (Fsp3) is 0.355. The number of ketones is 4. The fourth-order valence-corrected chi connectivity index (χ4v) is 3.71. The van der Waals surface area contributed by atoms with Crippen molar-refractivity contribution >= 4 is 35.3 Å². The third-order valence-electron chi connectivity index (χ3n) is 5.84. The van der Waals surface area contributed by atoms with E-state index < -0.39 is 0 Å². The van der Waals surface area contributed by atoms with Gasteiger partial charge < -0.3 is 18.4 Å². The van der Waals surface area contributed by atoms with Gasteiger partial charge in [-0.1, -0.05) is 0 Å². The lowest BCUT2D eigenvalue weighted by Crippen LogP contribution is -2.00. The van der Waals surface area contributed by atoms with Crippen LogP contribution in [0.5, 0.6) is 0 Å². The van der Waals surface area contributed by atoms with Crippen LogP contribution in [0.4, 0.5) is 0 Å². The molecule has 0 saturated carbocycles. The van der Waals surface area contributed by atoms with Gasteiger partial charge >= 0.3 is 0 Å². The van der Waals surface area contributed by atoms with Crippen molar-refractivity contribution in [2.75, 3.05) is 0 Å². The molecule has 1 aliphatic rings. The van der Waals surface area contributed by atoms with E-state index in [1.807, 2.05) is 37.3 Å².